The molecule has 0 aliphatic rings. The van der Waals surface area contributed by atoms with Crippen LogP contribution in [0.25, 0.3) is 11.0 Å². The first-order valence-electron chi connectivity index (χ1n) is 5.94. The second-order valence-corrected chi connectivity index (χ2v) is 4.22. The number of hydrogen-bond acceptors (Lipinski definition) is 3. The Kier molecular flexibility index (Phi) is 3.58. The van der Waals surface area contributed by atoms with E-state index in [1.54, 1.807) is 0 Å². The van der Waals surface area contributed by atoms with E-state index in [1.807, 2.05) is 13.1 Å². The first kappa shape index (κ1) is 11.9. The summed E-state index contributed by atoms with van der Waals surface area (Å²) in [6.07, 6.45) is 6.31. The number of rotatable bonds is 5. The average molecular weight is 235 g/mol. The highest BCUT2D eigenvalue weighted by Gasteiger charge is 2.08. The number of aliphatic hydroxyl groups is 1. The minimum atomic E-state index is -0.225. The zero-order valence-corrected chi connectivity index (χ0v) is 9.86. The van der Waals surface area contributed by atoms with E-state index in [9.17, 15) is 9.90 Å². The largest absolute Gasteiger partial charge is 0.393 e. The third-order valence-corrected chi connectivity index (χ3v) is 3.00. The van der Waals surface area contributed by atoms with Crippen LogP contribution in [0.1, 0.15) is 31.7 Å². The third-order valence-electron chi connectivity index (χ3n) is 3.00. The van der Waals surface area contributed by atoms with Crippen LogP contribution in [0.15, 0.2) is 17.3 Å². The fourth-order valence-corrected chi connectivity index (χ4v) is 1.93. The molecule has 1 atom stereocenters. The van der Waals surface area contributed by atoms with Gasteiger partial charge in [0, 0.05) is 6.20 Å². The number of aromatic amines is 2. The van der Waals surface area contributed by atoms with Crippen LogP contribution in [-0.4, -0.2) is 26.2 Å². The van der Waals surface area contributed by atoms with Gasteiger partial charge in [0.1, 0.15) is 5.52 Å². The van der Waals surface area contributed by atoms with Crippen LogP contribution in [0.2, 0.25) is 0 Å². The fourth-order valence-electron chi connectivity index (χ4n) is 1.93. The first-order valence-corrected chi connectivity index (χ1v) is 5.94. The Bertz CT molecular complexity index is 544. The molecule has 0 spiro atoms. The fraction of sp³-hybridized carbons (Fsp3) is 0.500. The Morgan fingerprint density at radius 3 is 3.06 bits per heavy atom. The number of aromatic nitrogens is 3. The minimum Gasteiger partial charge on any atom is -0.393 e. The molecule has 0 amide bonds. The van der Waals surface area contributed by atoms with Gasteiger partial charge in [-0.1, -0.05) is 6.92 Å². The predicted octanol–water partition coefficient (Wildman–Crippen LogP) is 1.34. The first-order chi connectivity index (χ1) is 8.22. The normalized spacial score (nSPS) is 13.1. The molecule has 2 rings (SSSR count). The molecule has 5 heteroatoms. The van der Waals surface area contributed by atoms with Crippen LogP contribution in [0, 0.1) is 0 Å². The van der Waals surface area contributed by atoms with Gasteiger partial charge in [0.2, 0.25) is 0 Å². The van der Waals surface area contributed by atoms with Crippen LogP contribution in [0.3, 0.4) is 0 Å². The van der Waals surface area contributed by atoms with Gasteiger partial charge in [-0.05, 0) is 31.2 Å². The van der Waals surface area contributed by atoms with Crippen molar-refractivity contribution in [3.63, 3.8) is 0 Å². The number of nitrogens with one attached hydrogen (secondary N) is 2. The highest BCUT2D eigenvalue weighted by molar-refractivity contribution is 5.77. The molecule has 3 N–H and O–H groups in total. The molecule has 0 bridgehead atoms. The zero-order valence-electron chi connectivity index (χ0n) is 9.86. The standard InChI is InChI=1S/C12H17N3O2/c1-2-9(16)5-3-4-8-6-13-11-10(8)14-7-15-12(11)17/h6-7,9,13,16H,2-5H2,1H3,(H,14,15,17). The molecule has 0 aliphatic carbocycles. The molecule has 17 heavy (non-hydrogen) atoms. The summed E-state index contributed by atoms with van der Waals surface area (Å²) in [5.41, 5.74) is 2.16. The molecule has 5 nitrogen and oxygen atoms in total. The summed E-state index contributed by atoms with van der Waals surface area (Å²) in [5.74, 6) is 0. The molecule has 0 aromatic carbocycles. The van der Waals surface area contributed by atoms with Crippen molar-refractivity contribution in [2.75, 3.05) is 0 Å². The molecule has 0 saturated heterocycles. The summed E-state index contributed by atoms with van der Waals surface area (Å²) in [6.45, 7) is 1.97. The van der Waals surface area contributed by atoms with E-state index in [4.69, 9.17) is 0 Å². The van der Waals surface area contributed by atoms with E-state index in [1.165, 1.54) is 6.33 Å². The molecule has 0 saturated carbocycles. The Morgan fingerprint density at radius 2 is 2.29 bits per heavy atom. The number of aliphatic hydroxyl groups excluding tert-OH is 1. The third kappa shape index (κ3) is 2.55. The van der Waals surface area contributed by atoms with Gasteiger partial charge in [-0.25, -0.2) is 4.98 Å². The highest BCUT2D eigenvalue weighted by Crippen LogP contribution is 2.15. The number of hydrogen-bond donors (Lipinski definition) is 3. The van der Waals surface area contributed by atoms with Gasteiger partial charge in [-0.15, -0.1) is 0 Å². The van der Waals surface area contributed by atoms with Crippen molar-refractivity contribution in [2.24, 2.45) is 0 Å². The topological polar surface area (TPSA) is 81.8 Å². The number of aryl methyl sites for hydroxylation is 1. The molecule has 2 aromatic heterocycles. The Balaban J connectivity index is 2.09. The van der Waals surface area contributed by atoms with Gasteiger partial charge in [0.05, 0.1) is 17.9 Å². The number of fused-ring (bicyclic) bond motifs is 1. The molecular weight excluding hydrogens is 218 g/mol. The maximum atomic E-state index is 11.5. The van der Waals surface area contributed by atoms with Crippen LogP contribution in [0.5, 0.6) is 0 Å². The van der Waals surface area contributed by atoms with Gasteiger partial charge in [0.15, 0.2) is 0 Å². The zero-order chi connectivity index (χ0) is 12.3. The predicted molar refractivity (Wildman–Crippen MR) is 66.0 cm³/mol. The van der Waals surface area contributed by atoms with Crippen molar-refractivity contribution in [1.82, 2.24) is 15.0 Å². The second-order valence-electron chi connectivity index (χ2n) is 4.22. The SMILES string of the molecule is CCC(O)CCCc1c[nH]c2c(=O)[nH]cnc12. The summed E-state index contributed by atoms with van der Waals surface area (Å²) < 4.78 is 0. The van der Waals surface area contributed by atoms with Crippen LogP contribution < -0.4 is 5.56 Å². The summed E-state index contributed by atoms with van der Waals surface area (Å²) >= 11 is 0. The van der Waals surface area contributed by atoms with Gasteiger partial charge in [-0.3, -0.25) is 4.79 Å². The van der Waals surface area contributed by atoms with Gasteiger partial charge in [-0.2, -0.15) is 0 Å². The Hall–Kier alpha value is -1.62. The lowest BCUT2D eigenvalue weighted by Gasteiger charge is -2.05. The second kappa shape index (κ2) is 5.14. The van der Waals surface area contributed by atoms with Crippen molar-refractivity contribution in [1.29, 1.82) is 0 Å². The monoisotopic (exact) mass is 235 g/mol. The maximum absolute atomic E-state index is 11.5. The molecule has 92 valence electrons. The lowest BCUT2D eigenvalue weighted by molar-refractivity contribution is 0.158. The van der Waals surface area contributed by atoms with Gasteiger partial charge >= 0.3 is 0 Å². The van der Waals surface area contributed by atoms with E-state index >= 15 is 0 Å². The highest BCUT2D eigenvalue weighted by atomic mass is 16.3. The molecule has 0 aliphatic heterocycles. The van der Waals surface area contributed by atoms with E-state index in [2.05, 4.69) is 15.0 Å². The summed E-state index contributed by atoms with van der Waals surface area (Å²) in [4.78, 5) is 21.1. The average Bonchev–Trinajstić information content (AvgIpc) is 2.74. The smallest absolute Gasteiger partial charge is 0.275 e. The van der Waals surface area contributed by atoms with E-state index < -0.39 is 0 Å². The lowest BCUT2D eigenvalue weighted by atomic mass is 10.1. The van der Waals surface area contributed by atoms with Gasteiger partial charge in [0.25, 0.3) is 5.56 Å². The molecule has 0 fully saturated rings. The van der Waals surface area contributed by atoms with Crippen molar-refractivity contribution >= 4 is 11.0 Å². The van der Waals surface area contributed by atoms with Crippen LogP contribution in [0.4, 0.5) is 0 Å². The maximum Gasteiger partial charge on any atom is 0.275 e. The minimum absolute atomic E-state index is 0.144. The summed E-state index contributed by atoms with van der Waals surface area (Å²) in [5, 5.41) is 9.47. The van der Waals surface area contributed by atoms with Gasteiger partial charge < -0.3 is 15.1 Å². The van der Waals surface area contributed by atoms with E-state index in [0.29, 0.717) is 5.52 Å². The molecule has 2 aromatic rings. The van der Waals surface area contributed by atoms with Crippen molar-refractivity contribution in [2.45, 2.75) is 38.7 Å². The van der Waals surface area contributed by atoms with E-state index in [0.717, 1.165) is 36.8 Å². The lowest BCUT2D eigenvalue weighted by Crippen LogP contribution is -2.06. The quantitative estimate of drug-likeness (QED) is 0.731. The number of nitrogens with zero attached hydrogens (tertiary/aromatic N) is 1. The Morgan fingerprint density at radius 1 is 1.47 bits per heavy atom. The van der Waals surface area contributed by atoms with Crippen molar-refractivity contribution in [3.05, 3.63) is 28.4 Å². The molecule has 1 unspecified atom stereocenters. The molecular formula is C12H17N3O2. The van der Waals surface area contributed by atoms with Crippen molar-refractivity contribution in [3.8, 4) is 0 Å². The Labute approximate surface area is 98.9 Å². The molecule has 2 heterocycles. The summed E-state index contributed by atoms with van der Waals surface area (Å²) in [7, 11) is 0. The van der Waals surface area contributed by atoms with E-state index in [-0.39, 0.29) is 11.7 Å². The van der Waals surface area contributed by atoms with Crippen LogP contribution in [-0.2, 0) is 6.42 Å². The number of H-pyrrole nitrogens is 2. The molecule has 0 radical (unpaired) electrons. The van der Waals surface area contributed by atoms with Crippen LogP contribution >= 0.6 is 0 Å². The van der Waals surface area contributed by atoms with Crippen molar-refractivity contribution < 1.29 is 5.11 Å². The summed E-state index contributed by atoms with van der Waals surface area (Å²) in [6, 6.07) is 0.